The highest BCUT2D eigenvalue weighted by Gasteiger charge is 2.21. The predicted molar refractivity (Wildman–Crippen MR) is 83.5 cm³/mol. The van der Waals surface area contributed by atoms with Crippen LogP contribution in [0.2, 0.25) is 0 Å². The molecule has 1 aliphatic heterocycles. The third-order valence-corrected chi connectivity index (χ3v) is 5.35. The van der Waals surface area contributed by atoms with E-state index < -0.39 is 0 Å². The number of rotatable bonds is 5. The second kappa shape index (κ2) is 7.09. The van der Waals surface area contributed by atoms with E-state index in [0.29, 0.717) is 24.8 Å². The SMILES string of the molecule is O=C(Cc1cccs1)NCc1nc(C2CCSCC2)no1. The number of carbonyl (C=O) groups excluding carboxylic acids is 1. The van der Waals surface area contributed by atoms with E-state index in [4.69, 9.17) is 4.52 Å². The Morgan fingerprint density at radius 2 is 2.29 bits per heavy atom. The fraction of sp³-hybridized carbons (Fsp3) is 0.500. The summed E-state index contributed by atoms with van der Waals surface area (Å²) in [6.07, 6.45) is 2.61. The van der Waals surface area contributed by atoms with Crippen molar-refractivity contribution in [3.63, 3.8) is 0 Å². The van der Waals surface area contributed by atoms with Gasteiger partial charge in [-0.25, -0.2) is 0 Å². The van der Waals surface area contributed by atoms with Gasteiger partial charge < -0.3 is 9.84 Å². The molecule has 0 spiro atoms. The topological polar surface area (TPSA) is 68.0 Å². The zero-order chi connectivity index (χ0) is 14.5. The minimum atomic E-state index is -0.0220. The zero-order valence-corrected chi connectivity index (χ0v) is 13.2. The van der Waals surface area contributed by atoms with Gasteiger partial charge in [-0.05, 0) is 35.8 Å². The quantitative estimate of drug-likeness (QED) is 0.916. The summed E-state index contributed by atoms with van der Waals surface area (Å²) in [6, 6.07) is 3.90. The normalized spacial score (nSPS) is 16.0. The molecule has 2 aromatic heterocycles. The summed E-state index contributed by atoms with van der Waals surface area (Å²) in [5.41, 5.74) is 0. The second-order valence-electron chi connectivity index (χ2n) is 4.97. The van der Waals surface area contributed by atoms with Crippen molar-refractivity contribution in [1.82, 2.24) is 15.5 Å². The van der Waals surface area contributed by atoms with Crippen LogP contribution >= 0.6 is 23.1 Å². The molecular weight excluding hydrogens is 306 g/mol. The molecule has 0 aliphatic carbocycles. The van der Waals surface area contributed by atoms with Crippen molar-refractivity contribution in [2.45, 2.75) is 31.7 Å². The van der Waals surface area contributed by atoms with Gasteiger partial charge in [0.1, 0.15) is 0 Å². The number of nitrogens with one attached hydrogen (secondary N) is 1. The first-order valence-electron chi connectivity index (χ1n) is 7.00. The van der Waals surface area contributed by atoms with Crippen LogP contribution in [-0.2, 0) is 17.8 Å². The van der Waals surface area contributed by atoms with Crippen LogP contribution in [0.15, 0.2) is 22.0 Å². The third-order valence-electron chi connectivity index (χ3n) is 3.42. The molecule has 0 unspecified atom stereocenters. The molecule has 1 aliphatic rings. The maximum Gasteiger partial charge on any atom is 0.246 e. The number of aromatic nitrogens is 2. The lowest BCUT2D eigenvalue weighted by atomic mass is 10.0. The fourth-order valence-electron chi connectivity index (χ4n) is 2.27. The Labute approximate surface area is 131 Å². The Bertz CT molecular complexity index is 577. The largest absolute Gasteiger partial charge is 0.347 e. The van der Waals surface area contributed by atoms with Crippen LogP contribution in [-0.4, -0.2) is 27.6 Å². The lowest BCUT2D eigenvalue weighted by Crippen LogP contribution is -2.24. The van der Waals surface area contributed by atoms with Gasteiger partial charge in [-0.15, -0.1) is 11.3 Å². The van der Waals surface area contributed by atoms with E-state index in [0.717, 1.165) is 35.0 Å². The predicted octanol–water partition coefficient (Wildman–Crippen LogP) is 2.60. The lowest BCUT2D eigenvalue weighted by molar-refractivity contribution is -0.120. The molecule has 2 aromatic rings. The van der Waals surface area contributed by atoms with Crippen molar-refractivity contribution >= 4 is 29.0 Å². The Morgan fingerprint density at radius 1 is 1.43 bits per heavy atom. The first-order chi connectivity index (χ1) is 10.3. The molecule has 1 fully saturated rings. The fourth-order valence-corrected chi connectivity index (χ4v) is 4.08. The summed E-state index contributed by atoms with van der Waals surface area (Å²) in [4.78, 5) is 17.3. The summed E-state index contributed by atoms with van der Waals surface area (Å²) in [5, 5.41) is 8.84. The molecular formula is C14H17N3O2S2. The zero-order valence-electron chi connectivity index (χ0n) is 11.6. The van der Waals surface area contributed by atoms with Crippen molar-refractivity contribution in [1.29, 1.82) is 0 Å². The standard InChI is InChI=1S/C14H17N3O2S2/c18-12(8-11-2-1-5-21-11)15-9-13-16-14(17-19-13)10-3-6-20-7-4-10/h1-2,5,10H,3-4,6-9H2,(H,15,18). The Hall–Kier alpha value is -1.34. The Balaban J connectivity index is 1.49. The van der Waals surface area contributed by atoms with E-state index >= 15 is 0 Å². The van der Waals surface area contributed by atoms with Gasteiger partial charge in [-0.2, -0.15) is 16.7 Å². The molecule has 0 aromatic carbocycles. The second-order valence-corrected chi connectivity index (χ2v) is 7.22. The van der Waals surface area contributed by atoms with Crippen LogP contribution in [0.5, 0.6) is 0 Å². The number of amides is 1. The molecule has 7 heteroatoms. The molecule has 3 rings (SSSR count). The summed E-state index contributed by atoms with van der Waals surface area (Å²) in [6.45, 7) is 0.304. The Morgan fingerprint density at radius 3 is 3.05 bits per heavy atom. The molecule has 0 saturated carbocycles. The maximum atomic E-state index is 11.8. The molecule has 3 heterocycles. The molecule has 21 heavy (non-hydrogen) atoms. The highest BCUT2D eigenvalue weighted by Crippen LogP contribution is 2.29. The van der Waals surface area contributed by atoms with Crippen LogP contribution in [0, 0.1) is 0 Å². The number of carbonyl (C=O) groups is 1. The monoisotopic (exact) mass is 323 g/mol. The highest BCUT2D eigenvalue weighted by atomic mass is 32.2. The first-order valence-corrected chi connectivity index (χ1v) is 9.04. The summed E-state index contributed by atoms with van der Waals surface area (Å²) in [7, 11) is 0. The summed E-state index contributed by atoms with van der Waals surface area (Å²) in [5.74, 6) is 3.98. The number of nitrogens with zero attached hydrogens (tertiary/aromatic N) is 2. The molecule has 5 nitrogen and oxygen atoms in total. The van der Waals surface area contributed by atoms with Gasteiger partial charge in [0.15, 0.2) is 5.82 Å². The van der Waals surface area contributed by atoms with Crippen molar-refractivity contribution in [2.75, 3.05) is 11.5 Å². The van der Waals surface area contributed by atoms with Crippen LogP contribution < -0.4 is 5.32 Å². The molecule has 1 saturated heterocycles. The van der Waals surface area contributed by atoms with E-state index in [-0.39, 0.29) is 5.91 Å². The third kappa shape index (κ3) is 4.07. The van der Waals surface area contributed by atoms with E-state index in [1.807, 2.05) is 29.3 Å². The smallest absolute Gasteiger partial charge is 0.246 e. The lowest BCUT2D eigenvalue weighted by Gasteiger charge is -2.17. The van der Waals surface area contributed by atoms with Gasteiger partial charge in [0.2, 0.25) is 11.8 Å². The summed E-state index contributed by atoms with van der Waals surface area (Å²) < 4.78 is 5.22. The number of thioether (sulfide) groups is 1. The molecule has 112 valence electrons. The number of thiophene rings is 1. The molecule has 0 atom stereocenters. The first kappa shape index (κ1) is 14.6. The number of hydrogen-bond donors (Lipinski definition) is 1. The van der Waals surface area contributed by atoms with E-state index in [2.05, 4.69) is 15.5 Å². The molecule has 1 N–H and O–H groups in total. The van der Waals surface area contributed by atoms with E-state index in [1.54, 1.807) is 11.3 Å². The van der Waals surface area contributed by atoms with Gasteiger partial charge in [0.25, 0.3) is 0 Å². The molecule has 1 amide bonds. The minimum absolute atomic E-state index is 0.0220. The van der Waals surface area contributed by atoms with Gasteiger partial charge in [-0.3, -0.25) is 4.79 Å². The van der Waals surface area contributed by atoms with Crippen LogP contribution in [0.1, 0.15) is 35.4 Å². The number of hydrogen-bond acceptors (Lipinski definition) is 6. The van der Waals surface area contributed by atoms with Gasteiger partial charge in [0.05, 0.1) is 13.0 Å². The van der Waals surface area contributed by atoms with Crippen molar-refractivity contribution in [3.05, 3.63) is 34.1 Å². The van der Waals surface area contributed by atoms with Crippen LogP contribution in [0.3, 0.4) is 0 Å². The van der Waals surface area contributed by atoms with Crippen LogP contribution in [0.25, 0.3) is 0 Å². The van der Waals surface area contributed by atoms with E-state index in [1.165, 1.54) is 0 Å². The van der Waals surface area contributed by atoms with E-state index in [9.17, 15) is 4.79 Å². The van der Waals surface area contributed by atoms with Crippen molar-refractivity contribution in [2.24, 2.45) is 0 Å². The van der Waals surface area contributed by atoms with Crippen LogP contribution in [0.4, 0.5) is 0 Å². The van der Waals surface area contributed by atoms with Gasteiger partial charge in [0, 0.05) is 10.8 Å². The van der Waals surface area contributed by atoms with Gasteiger partial charge in [-0.1, -0.05) is 11.2 Å². The molecule has 0 bridgehead atoms. The average molecular weight is 323 g/mol. The Kier molecular flexibility index (Phi) is 4.92. The highest BCUT2D eigenvalue weighted by molar-refractivity contribution is 7.99. The summed E-state index contributed by atoms with van der Waals surface area (Å²) >= 11 is 3.56. The maximum absolute atomic E-state index is 11.8. The van der Waals surface area contributed by atoms with Gasteiger partial charge >= 0.3 is 0 Å². The van der Waals surface area contributed by atoms with Crippen molar-refractivity contribution in [3.8, 4) is 0 Å². The van der Waals surface area contributed by atoms with Crippen molar-refractivity contribution < 1.29 is 9.32 Å². The average Bonchev–Trinajstić information content (AvgIpc) is 3.17. The minimum Gasteiger partial charge on any atom is -0.347 e. The molecule has 0 radical (unpaired) electrons.